The van der Waals surface area contributed by atoms with Crippen LogP contribution >= 0.6 is 0 Å². The maximum atomic E-state index is 4.28. The molecule has 0 bridgehead atoms. The number of nitrogens with zero attached hydrogens (tertiary/aromatic N) is 4. The van der Waals surface area contributed by atoms with Crippen LogP contribution in [0.1, 0.15) is 26.3 Å². The second-order valence-corrected chi connectivity index (χ2v) is 9.37. The Morgan fingerprint density at radius 3 is 1.47 bits per heavy atom. The molecule has 6 aromatic rings. The van der Waals surface area contributed by atoms with Gasteiger partial charge in [-0.2, -0.15) is 0 Å². The lowest BCUT2D eigenvalue weighted by atomic mass is 9.82. The van der Waals surface area contributed by atoms with Crippen molar-refractivity contribution in [2.75, 3.05) is 0 Å². The predicted octanol–water partition coefficient (Wildman–Crippen LogP) is 6.80. The molecule has 4 nitrogen and oxygen atoms in total. The predicted molar refractivity (Wildman–Crippen MR) is 131 cm³/mol. The van der Waals surface area contributed by atoms with Crippen molar-refractivity contribution in [1.29, 1.82) is 0 Å². The van der Waals surface area contributed by atoms with Crippen LogP contribution in [0.4, 0.5) is 0 Å². The Balaban J connectivity index is 1.80. The number of hydrogen-bond donors (Lipinski definition) is 0. The van der Waals surface area contributed by atoms with Gasteiger partial charge in [-0.15, -0.1) is 0 Å². The van der Waals surface area contributed by atoms with Crippen LogP contribution in [0.2, 0.25) is 0 Å². The minimum Gasteiger partial charge on any atom is -0.244 e. The van der Waals surface area contributed by atoms with E-state index in [2.05, 4.69) is 83.2 Å². The summed E-state index contributed by atoms with van der Waals surface area (Å²) in [6.07, 6.45) is 10.6. The van der Waals surface area contributed by atoms with Crippen molar-refractivity contribution >= 4 is 32.3 Å². The van der Waals surface area contributed by atoms with Crippen molar-refractivity contribution in [3.8, 4) is 22.3 Å². The quantitative estimate of drug-likeness (QED) is 0.293. The number of aromatic nitrogens is 4. The second kappa shape index (κ2) is 6.79. The molecule has 2 heterocycles. The average Bonchev–Trinajstić information content (AvgIpc) is 2.82. The summed E-state index contributed by atoms with van der Waals surface area (Å²) < 4.78 is 0. The molecule has 0 spiro atoms. The van der Waals surface area contributed by atoms with Crippen LogP contribution in [0.25, 0.3) is 54.6 Å². The van der Waals surface area contributed by atoms with Crippen LogP contribution in [0.15, 0.2) is 79.9 Å². The van der Waals surface area contributed by atoms with E-state index in [0.29, 0.717) is 0 Å². The summed E-state index contributed by atoms with van der Waals surface area (Å²) >= 11 is 0. The molecule has 0 fully saturated rings. The molecule has 2 aromatic heterocycles. The van der Waals surface area contributed by atoms with E-state index in [4.69, 9.17) is 0 Å². The minimum absolute atomic E-state index is 0.0868. The summed E-state index contributed by atoms with van der Waals surface area (Å²) in [6.45, 7) is 6.79. The van der Waals surface area contributed by atoms with Crippen LogP contribution in [0, 0.1) is 0 Å². The highest BCUT2D eigenvalue weighted by molar-refractivity contribution is 6.28. The van der Waals surface area contributed by atoms with E-state index < -0.39 is 0 Å². The van der Waals surface area contributed by atoms with Gasteiger partial charge in [0.15, 0.2) is 0 Å². The fourth-order valence-electron chi connectivity index (χ4n) is 4.70. The maximum Gasteiger partial charge on any atom is 0.115 e. The normalized spacial score (nSPS) is 12.2. The van der Waals surface area contributed by atoms with Crippen molar-refractivity contribution in [2.24, 2.45) is 0 Å². The largest absolute Gasteiger partial charge is 0.244 e. The van der Waals surface area contributed by atoms with Crippen LogP contribution in [-0.2, 0) is 5.41 Å². The third kappa shape index (κ3) is 2.83. The summed E-state index contributed by atoms with van der Waals surface area (Å²) in [7, 11) is 0. The Morgan fingerprint density at radius 1 is 0.562 bits per heavy atom. The summed E-state index contributed by atoms with van der Waals surface area (Å²) in [5, 5.41) is 7.50. The molecular formula is C28H22N4. The van der Waals surface area contributed by atoms with E-state index in [1.54, 1.807) is 12.7 Å². The summed E-state index contributed by atoms with van der Waals surface area (Å²) in [5.74, 6) is 0. The molecule has 0 atom stereocenters. The van der Waals surface area contributed by atoms with Crippen LogP contribution < -0.4 is 0 Å². The molecule has 4 aromatic carbocycles. The van der Waals surface area contributed by atoms with Gasteiger partial charge in [-0.05, 0) is 60.5 Å². The molecule has 0 aliphatic carbocycles. The Kier molecular flexibility index (Phi) is 3.99. The van der Waals surface area contributed by atoms with Crippen molar-refractivity contribution < 1.29 is 0 Å². The lowest BCUT2D eigenvalue weighted by Gasteiger charge is -2.22. The lowest BCUT2D eigenvalue weighted by molar-refractivity contribution is 0.591. The molecule has 0 amide bonds. The summed E-state index contributed by atoms with van der Waals surface area (Å²) in [6, 6.07) is 15.9. The zero-order valence-corrected chi connectivity index (χ0v) is 18.3. The first-order valence-corrected chi connectivity index (χ1v) is 10.8. The van der Waals surface area contributed by atoms with Crippen LogP contribution in [0.3, 0.4) is 0 Å². The molecule has 0 aliphatic heterocycles. The van der Waals surface area contributed by atoms with Gasteiger partial charge in [-0.25, -0.2) is 19.9 Å². The zero-order valence-electron chi connectivity index (χ0n) is 18.3. The molecule has 0 unspecified atom stereocenters. The Labute approximate surface area is 186 Å². The molecule has 0 radical (unpaired) electrons. The van der Waals surface area contributed by atoms with E-state index in [-0.39, 0.29) is 5.41 Å². The monoisotopic (exact) mass is 414 g/mol. The maximum absolute atomic E-state index is 4.28. The molecule has 154 valence electrons. The van der Waals surface area contributed by atoms with Gasteiger partial charge in [0.05, 0.1) is 0 Å². The topological polar surface area (TPSA) is 51.6 Å². The van der Waals surface area contributed by atoms with E-state index in [1.807, 2.05) is 24.8 Å². The number of rotatable bonds is 2. The molecule has 0 N–H and O–H groups in total. The van der Waals surface area contributed by atoms with E-state index in [9.17, 15) is 0 Å². The molecule has 0 saturated heterocycles. The Morgan fingerprint density at radius 2 is 1.03 bits per heavy atom. The smallest absolute Gasteiger partial charge is 0.115 e. The van der Waals surface area contributed by atoms with Gasteiger partial charge in [0.25, 0.3) is 0 Å². The second-order valence-electron chi connectivity index (χ2n) is 9.37. The fraction of sp³-hybridized carbons (Fsp3) is 0.143. The average molecular weight is 415 g/mol. The fourth-order valence-corrected chi connectivity index (χ4v) is 4.70. The Hall–Kier alpha value is -3.92. The first-order chi connectivity index (χ1) is 15.5. The van der Waals surface area contributed by atoms with Gasteiger partial charge in [-0.3, -0.25) is 0 Å². The summed E-state index contributed by atoms with van der Waals surface area (Å²) in [5.41, 5.74) is 5.66. The van der Waals surface area contributed by atoms with Gasteiger partial charge in [-0.1, -0.05) is 57.2 Å². The van der Waals surface area contributed by atoms with Gasteiger partial charge >= 0.3 is 0 Å². The standard InChI is InChI=1S/C28H22N4/c1-28(2,3)21-8-17-4-6-22-24(19-11-29-15-30-12-19)10-25(20-13-31-16-32-14-20)23-7-5-18(9-21)26(17)27(22)23/h4-16H,1-3H3. The third-order valence-electron chi connectivity index (χ3n) is 6.33. The highest BCUT2D eigenvalue weighted by atomic mass is 14.8. The van der Waals surface area contributed by atoms with E-state index >= 15 is 0 Å². The molecule has 6 rings (SSSR count). The molecule has 0 aliphatic rings. The van der Waals surface area contributed by atoms with Gasteiger partial charge < -0.3 is 0 Å². The zero-order chi connectivity index (χ0) is 21.9. The summed E-state index contributed by atoms with van der Waals surface area (Å²) in [4.78, 5) is 17.1. The number of hydrogen-bond acceptors (Lipinski definition) is 4. The SMILES string of the molecule is CC(C)(C)c1cc2ccc3c(-c4cncnc4)cc(-c4cncnc4)c4ccc(c1)c2c34. The van der Waals surface area contributed by atoms with E-state index in [0.717, 1.165) is 22.3 Å². The third-order valence-corrected chi connectivity index (χ3v) is 6.33. The van der Waals surface area contributed by atoms with Crippen molar-refractivity contribution in [2.45, 2.75) is 26.2 Å². The van der Waals surface area contributed by atoms with Gasteiger partial charge in [0.1, 0.15) is 12.7 Å². The Bertz CT molecular complexity index is 1480. The van der Waals surface area contributed by atoms with Crippen molar-refractivity contribution in [3.63, 3.8) is 0 Å². The lowest BCUT2D eigenvalue weighted by Crippen LogP contribution is -2.10. The van der Waals surface area contributed by atoms with Crippen LogP contribution in [0.5, 0.6) is 0 Å². The molecular weight excluding hydrogens is 392 g/mol. The first kappa shape index (κ1) is 18.8. The van der Waals surface area contributed by atoms with Crippen molar-refractivity contribution in [3.05, 3.63) is 85.5 Å². The highest BCUT2D eigenvalue weighted by Gasteiger charge is 2.20. The first-order valence-electron chi connectivity index (χ1n) is 10.8. The molecule has 32 heavy (non-hydrogen) atoms. The molecule has 0 saturated carbocycles. The molecule has 4 heteroatoms. The van der Waals surface area contributed by atoms with E-state index in [1.165, 1.54) is 37.9 Å². The van der Waals surface area contributed by atoms with Gasteiger partial charge in [0, 0.05) is 35.9 Å². The highest BCUT2D eigenvalue weighted by Crippen LogP contribution is 2.44. The van der Waals surface area contributed by atoms with Crippen molar-refractivity contribution in [1.82, 2.24) is 19.9 Å². The van der Waals surface area contributed by atoms with Gasteiger partial charge in [0.2, 0.25) is 0 Å². The number of benzene rings is 4. The van der Waals surface area contributed by atoms with Crippen LogP contribution in [-0.4, -0.2) is 19.9 Å². The minimum atomic E-state index is 0.0868.